The highest BCUT2D eigenvalue weighted by Gasteiger charge is 2.28. The van der Waals surface area contributed by atoms with Gasteiger partial charge in [-0.05, 0) is 49.8 Å². The van der Waals surface area contributed by atoms with Gasteiger partial charge in [-0.2, -0.15) is 0 Å². The Labute approximate surface area is 149 Å². The molecule has 4 rings (SSSR count). The van der Waals surface area contributed by atoms with E-state index in [0.29, 0.717) is 18.2 Å². The highest BCUT2D eigenvalue weighted by atomic mass is 16.5. The van der Waals surface area contributed by atoms with E-state index in [2.05, 4.69) is 22.3 Å². The summed E-state index contributed by atoms with van der Waals surface area (Å²) in [6.45, 7) is 4.76. The lowest BCUT2D eigenvalue weighted by Gasteiger charge is -2.28. The Morgan fingerprint density at radius 3 is 2.48 bits per heavy atom. The van der Waals surface area contributed by atoms with E-state index >= 15 is 0 Å². The average Bonchev–Trinajstić information content (AvgIpc) is 3.35. The average molecular weight is 344 g/mol. The van der Waals surface area contributed by atoms with E-state index in [1.165, 1.54) is 5.56 Å². The van der Waals surface area contributed by atoms with Crippen LogP contribution in [0.1, 0.15) is 41.6 Å². The fourth-order valence-electron chi connectivity index (χ4n) is 3.69. The number of carbonyl (C=O) groups excluding carboxylic acids is 1. The van der Waals surface area contributed by atoms with Crippen LogP contribution < -0.4 is 5.32 Å². The molecular weight excluding hydrogens is 316 g/mol. The molecule has 0 radical (unpaired) electrons. The second kappa shape index (κ2) is 7.85. The van der Waals surface area contributed by atoms with Gasteiger partial charge in [-0.15, -0.1) is 0 Å². The lowest BCUT2D eigenvalue weighted by atomic mass is 10.0. The van der Waals surface area contributed by atoms with Gasteiger partial charge >= 0.3 is 0 Å². The third-order valence-corrected chi connectivity index (χ3v) is 5.35. The lowest BCUT2D eigenvalue weighted by Crippen LogP contribution is -2.41. The van der Waals surface area contributed by atoms with Gasteiger partial charge in [0.1, 0.15) is 0 Å². The van der Waals surface area contributed by atoms with Gasteiger partial charge in [0.2, 0.25) is 0 Å². The predicted octanol–water partition coefficient (Wildman–Crippen LogP) is 2.00. The zero-order valence-electron chi connectivity index (χ0n) is 14.8. The minimum Gasteiger partial charge on any atom is -0.379 e. The minimum absolute atomic E-state index is 0.0525. The quantitative estimate of drug-likeness (QED) is 0.858. The summed E-state index contributed by atoms with van der Waals surface area (Å²) in [6, 6.07) is 8.42. The summed E-state index contributed by atoms with van der Waals surface area (Å²) >= 11 is 0. The number of amides is 1. The molecule has 0 unspecified atom stereocenters. The first-order chi connectivity index (χ1) is 12.3. The first-order valence-electron chi connectivity index (χ1n) is 9.61. The largest absolute Gasteiger partial charge is 0.379 e. The number of nitrogens with one attached hydrogen (secondary N) is 1. The zero-order chi connectivity index (χ0) is 17.1. The molecule has 0 aromatic heterocycles. The second-order valence-corrected chi connectivity index (χ2v) is 7.52. The van der Waals surface area contributed by atoms with Gasteiger partial charge in [0.05, 0.1) is 25.4 Å². The summed E-state index contributed by atoms with van der Waals surface area (Å²) in [5.41, 5.74) is 2.01. The van der Waals surface area contributed by atoms with Crippen LogP contribution in [0.25, 0.3) is 0 Å². The van der Waals surface area contributed by atoms with Crippen molar-refractivity contribution in [2.24, 2.45) is 0 Å². The standard InChI is InChI=1S/C20H28N2O3/c23-20(21-17-5-6-17)16-3-1-15(2-4-16)13-18-7-8-19(25-18)14-22-9-11-24-12-10-22/h1-4,17-19H,5-14H2,(H,21,23)/t18-,19+/m0/s1. The molecule has 2 saturated heterocycles. The maximum absolute atomic E-state index is 12.0. The van der Waals surface area contributed by atoms with Gasteiger partial charge in [-0.1, -0.05) is 12.1 Å². The highest BCUT2D eigenvalue weighted by Crippen LogP contribution is 2.24. The Balaban J connectivity index is 1.24. The third-order valence-electron chi connectivity index (χ3n) is 5.35. The van der Waals surface area contributed by atoms with Crippen LogP contribution in [0.3, 0.4) is 0 Å². The molecule has 25 heavy (non-hydrogen) atoms. The van der Waals surface area contributed by atoms with E-state index in [-0.39, 0.29) is 5.91 Å². The molecule has 0 bridgehead atoms. The molecule has 2 heterocycles. The van der Waals surface area contributed by atoms with E-state index in [9.17, 15) is 4.79 Å². The van der Waals surface area contributed by atoms with E-state index in [1.807, 2.05) is 12.1 Å². The topological polar surface area (TPSA) is 50.8 Å². The molecule has 3 fully saturated rings. The van der Waals surface area contributed by atoms with Gasteiger partial charge in [-0.3, -0.25) is 9.69 Å². The molecular formula is C20H28N2O3. The number of rotatable bonds is 6. The van der Waals surface area contributed by atoms with Crippen molar-refractivity contribution in [3.63, 3.8) is 0 Å². The molecule has 1 aromatic rings. The zero-order valence-corrected chi connectivity index (χ0v) is 14.8. The molecule has 1 N–H and O–H groups in total. The number of hydrogen-bond acceptors (Lipinski definition) is 4. The van der Waals surface area contributed by atoms with Crippen molar-refractivity contribution in [2.45, 2.75) is 50.4 Å². The van der Waals surface area contributed by atoms with Gasteiger partial charge in [0.25, 0.3) is 5.91 Å². The number of morpholine rings is 1. The van der Waals surface area contributed by atoms with Crippen LogP contribution in [0.4, 0.5) is 0 Å². The number of nitrogens with zero attached hydrogens (tertiary/aromatic N) is 1. The van der Waals surface area contributed by atoms with Gasteiger partial charge in [-0.25, -0.2) is 0 Å². The van der Waals surface area contributed by atoms with Crippen LogP contribution >= 0.6 is 0 Å². The molecule has 1 aliphatic carbocycles. The summed E-state index contributed by atoms with van der Waals surface area (Å²) in [4.78, 5) is 14.5. The van der Waals surface area contributed by atoms with Crippen molar-refractivity contribution in [3.05, 3.63) is 35.4 Å². The minimum atomic E-state index is 0.0525. The fraction of sp³-hybridized carbons (Fsp3) is 0.650. The van der Waals surface area contributed by atoms with Crippen molar-refractivity contribution < 1.29 is 14.3 Å². The van der Waals surface area contributed by atoms with E-state index < -0.39 is 0 Å². The Morgan fingerprint density at radius 1 is 1.04 bits per heavy atom. The molecule has 1 saturated carbocycles. The van der Waals surface area contributed by atoms with Crippen LogP contribution in [0.15, 0.2) is 24.3 Å². The number of carbonyl (C=O) groups is 1. The summed E-state index contributed by atoms with van der Waals surface area (Å²) in [6.07, 6.45) is 6.10. The summed E-state index contributed by atoms with van der Waals surface area (Å²) in [5, 5.41) is 3.03. The fourth-order valence-corrected chi connectivity index (χ4v) is 3.69. The molecule has 5 heteroatoms. The molecule has 1 aromatic carbocycles. The van der Waals surface area contributed by atoms with Crippen LogP contribution in [0, 0.1) is 0 Å². The molecule has 3 aliphatic rings. The Kier molecular flexibility index (Phi) is 5.34. The SMILES string of the molecule is O=C(NC1CC1)c1ccc(C[C@@H]2CC[C@H](CN3CCOCC3)O2)cc1. The van der Waals surface area contributed by atoms with Crippen LogP contribution in [0.2, 0.25) is 0 Å². The van der Waals surface area contributed by atoms with E-state index in [4.69, 9.17) is 9.47 Å². The maximum atomic E-state index is 12.0. The smallest absolute Gasteiger partial charge is 0.251 e. The molecule has 136 valence electrons. The molecule has 5 nitrogen and oxygen atoms in total. The Morgan fingerprint density at radius 2 is 1.76 bits per heavy atom. The molecule has 0 spiro atoms. The maximum Gasteiger partial charge on any atom is 0.251 e. The van der Waals surface area contributed by atoms with Crippen molar-refractivity contribution in [1.29, 1.82) is 0 Å². The van der Waals surface area contributed by atoms with E-state index in [1.54, 1.807) is 0 Å². The molecule has 2 atom stereocenters. The van der Waals surface area contributed by atoms with Gasteiger partial charge in [0, 0.05) is 31.2 Å². The van der Waals surface area contributed by atoms with Gasteiger partial charge in [0.15, 0.2) is 0 Å². The lowest BCUT2D eigenvalue weighted by molar-refractivity contribution is -0.0108. The van der Waals surface area contributed by atoms with Crippen LogP contribution in [0.5, 0.6) is 0 Å². The summed E-state index contributed by atoms with van der Waals surface area (Å²) in [5.74, 6) is 0.0525. The number of hydrogen-bond donors (Lipinski definition) is 1. The highest BCUT2D eigenvalue weighted by molar-refractivity contribution is 5.94. The van der Waals surface area contributed by atoms with Crippen molar-refractivity contribution in [3.8, 4) is 0 Å². The van der Waals surface area contributed by atoms with Gasteiger partial charge < -0.3 is 14.8 Å². The monoisotopic (exact) mass is 344 g/mol. The first kappa shape index (κ1) is 17.0. The normalized spacial score (nSPS) is 27.4. The molecule has 1 amide bonds. The number of ether oxygens (including phenoxy) is 2. The van der Waals surface area contributed by atoms with E-state index in [0.717, 1.165) is 70.5 Å². The first-order valence-corrected chi connectivity index (χ1v) is 9.61. The van der Waals surface area contributed by atoms with Crippen molar-refractivity contribution in [2.75, 3.05) is 32.8 Å². The summed E-state index contributed by atoms with van der Waals surface area (Å²) < 4.78 is 11.6. The predicted molar refractivity (Wildman–Crippen MR) is 95.8 cm³/mol. The number of benzene rings is 1. The summed E-state index contributed by atoms with van der Waals surface area (Å²) in [7, 11) is 0. The van der Waals surface area contributed by atoms with Crippen molar-refractivity contribution >= 4 is 5.91 Å². The van der Waals surface area contributed by atoms with Crippen LogP contribution in [-0.4, -0.2) is 61.9 Å². The Hall–Kier alpha value is -1.43. The second-order valence-electron chi connectivity index (χ2n) is 7.52. The third kappa shape index (κ3) is 4.81. The molecule has 2 aliphatic heterocycles. The van der Waals surface area contributed by atoms with Crippen LogP contribution in [-0.2, 0) is 15.9 Å². The van der Waals surface area contributed by atoms with Crippen molar-refractivity contribution in [1.82, 2.24) is 10.2 Å². The Bertz CT molecular complexity index is 579.